The van der Waals surface area contributed by atoms with Gasteiger partial charge in [-0.15, -0.1) is 0 Å². The molecule has 0 atom stereocenters. The number of benzene rings is 2. The van der Waals surface area contributed by atoms with Gasteiger partial charge >= 0.3 is 5.97 Å². The van der Waals surface area contributed by atoms with Crippen molar-refractivity contribution in [1.82, 2.24) is 0 Å². The van der Waals surface area contributed by atoms with Crippen molar-refractivity contribution >= 4 is 28.6 Å². The fraction of sp³-hybridized carbons (Fsp3) is 0.0588. The molecule has 0 amide bonds. The Morgan fingerprint density at radius 3 is 2.50 bits per heavy atom. The van der Waals surface area contributed by atoms with Crippen LogP contribution in [0.2, 0.25) is 0 Å². The largest absolute Gasteiger partial charge is 0.466 e. The Labute approximate surface area is 117 Å². The predicted octanol–water partition coefficient (Wildman–Crippen LogP) is 3.15. The summed E-state index contributed by atoms with van der Waals surface area (Å²) in [5.41, 5.74) is 1.53. The summed E-state index contributed by atoms with van der Waals surface area (Å²) in [5, 5.41) is 2.20. The van der Waals surface area contributed by atoms with Crippen LogP contribution >= 0.6 is 0 Å². The second-order valence-corrected chi connectivity index (χ2v) is 4.18. The number of rotatable bonds is 4. The monoisotopic (exact) mass is 266 g/mol. The summed E-state index contributed by atoms with van der Waals surface area (Å²) >= 11 is 0. The third kappa shape index (κ3) is 3.20. The zero-order valence-corrected chi connectivity index (χ0v) is 11.1. The van der Waals surface area contributed by atoms with E-state index in [9.17, 15) is 9.59 Å². The van der Waals surface area contributed by atoms with E-state index < -0.39 is 5.97 Å². The Bertz CT molecular complexity index is 696. The molecule has 2 aromatic carbocycles. The quantitative estimate of drug-likeness (QED) is 0.369. The highest BCUT2D eigenvalue weighted by Gasteiger charge is 2.01. The molecule has 2 rings (SSSR count). The summed E-state index contributed by atoms with van der Waals surface area (Å²) in [7, 11) is 1.31. The Hall–Kier alpha value is -2.68. The maximum absolute atomic E-state index is 11.1. The van der Waals surface area contributed by atoms with E-state index in [0.717, 1.165) is 16.3 Å². The van der Waals surface area contributed by atoms with Gasteiger partial charge in [-0.05, 0) is 40.1 Å². The zero-order chi connectivity index (χ0) is 14.4. The molecule has 0 spiro atoms. The predicted molar refractivity (Wildman–Crippen MR) is 79.1 cm³/mol. The summed E-state index contributed by atoms with van der Waals surface area (Å²) in [5.74, 6) is -0.456. The summed E-state index contributed by atoms with van der Waals surface area (Å²) in [6.45, 7) is 0. The lowest BCUT2D eigenvalue weighted by Gasteiger charge is -2.04. The summed E-state index contributed by atoms with van der Waals surface area (Å²) in [6, 6.07) is 13.8. The molecule has 0 aliphatic rings. The maximum Gasteiger partial charge on any atom is 0.330 e. The Morgan fingerprint density at radius 1 is 1.05 bits per heavy atom. The maximum atomic E-state index is 11.1. The van der Waals surface area contributed by atoms with E-state index in [1.54, 1.807) is 6.08 Å². The van der Waals surface area contributed by atoms with Crippen LogP contribution in [0.1, 0.15) is 5.56 Å². The number of allylic oxidation sites excluding steroid dienone is 3. The van der Waals surface area contributed by atoms with Crippen molar-refractivity contribution in [2.45, 2.75) is 0 Å². The molecule has 0 aliphatic carbocycles. The van der Waals surface area contributed by atoms with Crippen molar-refractivity contribution in [1.29, 1.82) is 0 Å². The molecular formula is C17H14O3. The molecule has 100 valence electrons. The van der Waals surface area contributed by atoms with Gasteiger partial charge in [0.05, 0.1) is 7.11 Å². The minimum absolute atomic E-state index is 0.456. The van der Waals surface area contributed by atoms with Crippen LogP contribution in [0, 0.1) is 0 Å². The molecule has 20 heavy (non-hydrogen) atoms. The Kier molecular flexibility index (Phi) is 4.45. The molecule has 0 aliphatic heterocycles. The summed E-state index contributed by atoms with van der Waals surface area (Å²) < 4.78 is 4.54. The second-order valence-electron chi connectivity index (χ2n) is 4.18. The van der Waals surface area contributed by atoms with Crippen LogP contribution in [0.3, 0.4) is 0 Å². The van der Waals surface area contributed by atoms with Gasteiger partial charge < -0.3 is 4.74 Å². The minimum atomic E-state index is -0.456. The van der Waals surface area contributed by atoms with Gasteiger partial charge in [-0.25, -0.2) is 4.79 Å². The number of carbonyl (C=O) groups is 2. The molecule has 0 bridgehead atoms. The van der Waals surface area contributed by atoms with Crippen LogP contribution in [0.4, 0.5) is 0 Å². The molecule has 0 unspecified atom stereocenters. The van der Waals surface area contributed by atoms with Gasteiger partial charge in [-0.1, -0.05) is 36.4 Å². The van der Waals surface area contributed by atoms with E-state index in [4.69, 9.17) is 0 Å². The first-order valence-corrected chi connectivity index (χ1v) is 6.15. The van der Waals surface area contributed by atoms with Crippen LogP contribution in [-0.4, -0.2) is 19.4 Å². The SMILES string of the molecule is COC(=O)/C=C/C(=C\C=O)c1ccc2ccccc2c1. The highest BCUT2D eigenvalue weighted by Crippen LogP contribution is 2.21. The topological polar surface area (TPSA) is 43.4 Å². The number of fused-ring (bicyclic) bond motifs is 1. The van der Waals surface area contributed by atoms with Gasteiger partial charge in [0, 0.05) is 6.08 Å². The number of carbonyl (C=O) groups excluding carboxylic acids is 2. The molecule has 0 fully saturated rings. The third-order valence-corrected chi connectivity index (χ3v) is 2.93. The van der Waals surface area contributed by atoms with Crippen molar-refractivity contribution in [3.8, 4) is 0 Å². The fourth-order valence-electron chi connectivity index (χ4n) is 1.92. The van der Waals surface area contributed by atoms with E-state index in [1.807, 2.05) is 42.5 Å². The lowest BCUT2D eigenvalue weighted by molar-refractivity contribution is -0.134. The van der Waals surface area contributed by atoms with Gasteiger partial charge in [0.25, 0.3) is 0 Å². The normalized spacial score (nSPS) is 11.8. The molecule has 0 saturated carbocycles. The van der Waals surface area contributed by atoms with E-state index in [2.05, 4.69) is 4.74 Å². The van der Waals surface area contributed by atoms with Crippen molar-refractivity contribution < 1.29 is 14.3 Å². The highest BCUT2D eigenvalue weighted by molar-refractivity contribution is 5.94. The molecule has 0 radical (unpaired) electrons. The Balaban J connectivity index is 2.41. The number of aldehydes is 1. The van der Waals surface area contributed by atoms with Crippen molar-refractivity contribution in [2.75, 3.05) is 7.11 Å². The standard InChI is InChI=1S/C17H14O3/c1-20-17(19)9-8-14(10-11-18)16-7-6-13-4-2-3-5-15(13)12-16/h2-12H,1H3/b9-8+,14-10+. The van der Waals surface area contributed by atoms with Crippen LogP contribution < -0.4 is 0 Å². The molecule has 3 nitrogen and oxygen atoms in total. The molecule has 2 aromatic rings. The summed E-state index contributed by atoms with van der Waals surface area (Å²) in [6.07, 6.45) is 4.99. The Morgan fingerprint density at radius 2 is 1.80 bits per heavy atom. The van der Waals surface area contributed by atoms with Gasteiger partial charge in [0.2, 0.25) is 0 Å². The van der Waals surface area contributed by atoms with Gasteiger partial charge in [0.1, 0.15) is 6.29 Å². The first-order valence-electron chi connectivity index (χ1n) is 6.15. The highest BCUT2D eigenvalue weighted by atomic mass is 16.5. The summed E-state index contributed by atoms with van der Waals surface area (Å²) in [4.78, 5) is 21.9. The number of esters is 1. The average molecular weight is 266 g/mol. The van der Waals surface area contributed by atoms with Crippen molar-refractivity contribution in [3.05, 3.63) is 66.3 Å². The van der Waals surface area contributed by atoms with Gasteiger partial charge in [-0.3, -0.25) is 4.79 Å². The number of hydrogen-bond donors (Lipinski definition) is 0. The zero-order valence-electron chi connectivity index (χ0n) is 11.1. The second kappa shape index (κ2) is 6.48. The molecule has 0 N–H and O–H groups in total. The first-order chi connectivity index (χ1) is 9.74. The fourth-order valence-corrected chi connectivity index (χ4v) is 1.92. The van der Waals surface area contributed by atoms with E-state index >= 15 is 0 Å². The van der Waals surface area contributed by atoms with Gasteiger partial charge in [0.15, 0.2) is 0 Å². The number of hydrogen-bond acceptors (Lipinski definition) is 3. The third-order valence-electron chi connectivity index (χ3n) is 2.93. The van der Waals surface area contributed by atoms with Crippen LogP contribution in [0.15, 0.2) is 60.7 Å². The molecule has 0 heterocycles. The molecule has 3 heteroatoms. The minimum Gasteiger partial charge on any atom is -0.466 e. The van der Waals surface area contributed by atoms with Crippen molar-refractivity contribution in [3.63, 3.8) is 0 Å². The molecular weight excluding hydrogens is 252 g/mol. The molecule has 0 saturated heterocycles. The van der Waals surface area contributed by atoms with Crippen molar-refractivity contribution in [2.24, 2.45) is 0 Å². The van der Waals surface area contributed by atoms with E-state index in [-0.39, 0.29) is 0 Å². The van der Waals surface area contributed by atoms with Crippen LogP contribution in [0.25, 0.3) is 16.3 Å². The number of ether oxygens (including phenoxy) is 1. The molecule has 0 aromatic heterocycles. The van der Waals surface area contributed by atoms with Crippen LogP contribution in [-0.2, 0) is 14.3 Å². The number of methoxy groups -OCH3 is 1. The van der Waals surface area contributed by atoms with Crippen LogP contribution in [0.5, 0.6) is 0 Å². The van der Waals surface area contributed by atoms with Gasteiger partial charge in [-0.2, -0.15) is 0 Å². The van der Waals surface area contributed by atoms with E-state index in [0.29, 0.717) is 11.9 Å². The first kappa shape index (κ1) is 13.7. The average Bonchev–Trinajstić information content (AvgIpc) is 2.50. The lowest BCUT2D eigenvalue weighted by Crippen LogP contribution is -1.94. The smallest absolute Gasteiger partial charge is 0.330 e. The van der Waals surface area contributed by atoms with E-state index in [1.165, 1.54) is 19.3 Å². The lowest BCUT2D eigenvalue weighted by atomic mass is 10.0.